The number of rotatable bonds is 8. The van der Waals surface area contributed by atoms with Crippen molar-refractivity contribution >= 4 is 11.4 Å². The van der Waals surface area contributed by atoms with E-state index in [1.54, 1.807) is 25.3 Å². The van der Waals surface area contributed by atoms with Gasteiger partial charge >= 0.3 is 0 Å². The first-order valence-corrected chi connectivity index (χ1v) is 12.6. The molecule has 0 spiro atoms. The number of amides is 1. The zero-order chi connectivity index (χ0) is 26.9. The maximum atomic E-state index is 13.5. The molecule has 3 aromatic heterocycles. The Morgan fingerprint density at radius 2 is 2.03 bits per heavy atom. The average Bonchev–Trinajstić information content (AvgIpc) is 3.13. The number of hydrogen-bond donors (Lipinski definition) is 2. The van der Waals surface area contributed by atoms with Crippen LogP contribution in [0.4, 0.5) is 8.78 Å². The van der Waals surface area contributed by atoms with Crippen LogP contribution in [0.15, 0.2) is 29.2 Å². The Labute approximate surface area is 215 Å². The third-order valence-electron chi connectivity index (χ3n) is 7.37. The molecule has 3 aromatic rings. The summed E-state index contributed by atoms with van der Waals surface area (Å²) in [5.41, 5.74) is 3.69. The number of aryl methyl sites for hydroxylation is 1. The predicted molar refractivity (Wildman–Crippen MR) is 138 cm³/mol. The van der Waals surface area contributed by atoms with Crippen LogP contribution in [0.1, 0.15) is 65.5 Å². The van der Waals surface area contributed by atoms with Crippen molar-refractivity contribution in [1.82, 2.24) is 24.8 Å². The number of carbonyl (C=O) groups is 1. The monoisotopic (exact) mass is 515 g/mol. The number of pyridine rings is 1. The van der Waals surface area contributed by atoms with E-state index >= 15 is 0 Å². The minimum atomic E-state index is -2.70. The van der Waals surface area contributed by atoms with Crippen LogP contribution in [0.2, 0.25) is 0 Å². The summed E-state index contributed by atoms with van der Waals surface area (Å²) in [7, 11) is 1.49. The molecule has 37 heavy (non-hydrogen) atoms. The fourth-order valence-electron chi connectivity index (χ4n) is 5.57. The van der Waals surface area contributed by atoms with Crippen LogP contribution in [0.5, 0.6) is 5.75 Å². The van der Waals surface area contributed by atoms with Gasteiger partial charge in [-0.1, -0.05) is 6.92 Å². The molecule has 1 unspecified atom stereocenters. The van der Waals surface area contributed by atoms with E-state index in [0.717, 1.165) is 31.0 Å². The number of halogens is 2. The van der Waals surface area contributed by atoms with Gasteiger partial charge in [-0.25, -0.2) is 13.3 Å². The summed E-state index contributed by atoms with van der Waals surface area (Å²) in [6.45, 7) is 7.80. The van der Waals surface area contributed by atoms with Crippen molar-refractivity contribution in [2.24, 2.45) is 5.92 Å². The third kappa shape index (κ3) is 5.69. The number of nitrogens with one attached hydrogen (secondary N) is 2. The third-order valence-corrected chi connectivity index (χ3v) is 7.37. The second kappa shape index (κ2) is 10.6. The van der Waals surface area contributed by atoms with E-state index in [9.17, 15) is 18.4 Å². The number of aromatic nitrogens is 3. The van der Waals surface area contributed by atoms with Crippen molar-refractivity contribution in [3.8, 4) is 5.75 Å². The van der Waals surface area contributed by atoms with Crippen LogP contribution in [0, 0.1) is 19.8 Å². The van der Waals surface area contributed by atoms with Crippen molar-refractivity contribution in [2.75, 3.05) is 26.7 Å². The average molecular weight is 516 g/mol. The highest BCUT2D eigenvalue weighted by Crippen LogP contribution is 2.37. The standard InChI is InChI=1S/C27H35F2N5O3/c1-16-13-22(37-5)20(25(35)32-16)14-30-26(36)23-18(3)24(34-21(23)7-6-10-31-34)17(2)19-8-11-33(12-9-19)15-27(4,28)29/h6-7,10,13,17,19H,8-9,11-12,14-15H2,1-5H3,(H,30,36)(H,32,35). The van der Waals surface area contributed by atoms with Gasteiger partial charge in [0.25, 0.3) is 17.4 Å². The first-order valence-electron chi connectivity index (χ1n) is 12.6. The summed E-state index contributed by atoms with van der Waals surface area (Å²) < 4.78 is 34.1. The highest BCUT2D eigenvalue weighted by molar-refractivity contribution is 6.03. The Morgan fingerprint density at radius 3 is 2.68 bits per heavy atom. The molecule has 1 saturated heterocycles. The summed E-state index contributed by atoms with van der Waals surface area (Å²) in [4.78, 5) is 30.5. The Hall–Kier alpha value is -3.27. The zero-order valence-corrected chi connectivity index (χ0v) is 22.0. The van der Waals surface area contributed by atoms with Gasteiger partial charge in [-0.15, -0.1) is 0 Å². The molecule has 1 aliphatic heterocycles. The number of ether oxygens (including phenoxy) is 1. The van der Waals surface area contributed by atoms with Gasteiger partial charge in [-0.3, -0.25) is 14.5 Å². The van der Waals surface area contributed by atoms with Crippen molar-refractivity contribution in [1.29, 1.82) is 0 Å². The molecule has 0 bridgehead atoms. The number of carbonyl (C=O) groups excluding carboxylic acids is 1. The Morgan fingerprint density at radius 1 is 1.32 bits per heavy atom. The highest BCUT2D eigenvalue weighted by Gasteiger charge is 2.33. The summed E-state index contributed by atoms with van der Waals surface area (Å²) in [6.07, 6.45) is 3.29. The van der Waals surface area contributed by atoms with E-state index in [1.807, 2.05) is 22.4 Å². The lowest BCUT2D eigenvalue weighted by atomic mass is 9.82. The first-order chi connectivity index (χ1) is 17.5. The molecule has 0 saturated carbocycles. The molecule has 1 amide bonds. The zero-order valence-electron chi connectivity index (χ0n) is 22.0. The van der Waals surface area contributed by atoms with Gasteiger partial charge in [0.15, 0.2) is 0 Å². The molecule has 10 heteroatoms. The first kappa shape index (κ1) is 26.8. The molecule has 0 radical (unpaired) electrons. The van der Waals surface area contributed by atoms with Gasteiger partial charge in [0.2, 0.25) is 0 Å². The van der Waals surface area contributed by atoms with Crippen molar-refractivity contribution in [3.05, 3.63) is 62.8 Å². The number of fused-ring (bicyclic) bond motifs is 1. The lowest BCUT2D eigenvalue weighted by molar-refractivity contribution is -0.0231. The molecule has 2 N–H and O–H groups in total. The molecule has 4 rings (SSSR count). The van der Waals surface area contributed by atoms with E-state index in [0.29, 0.717) is 41.2 Å². The second-order valence-electron chi connectivity index (χ2n) is 10.2. The number of alkyl halides is 2. The molecule has 1 aliphatic rings. The van der Waals surface area contributed by atoms with Crippen molar-refractivity contribution in [3.63, 3.8) is 0 Å². The second-order valence-corrected chi connectivity index (χ2v) is 10.2. The number of methoxy groups -OCH3 is 1. The minimum Gasteiger partial charge on any atom is -0.496 e. The lowest BCUT2D eigenvalue weighted by Crippen LogP contribution is -2.41. The van der Waals surface area contributed by atoms with Crippen molar-refractivity contribution in [2.45, 2.75) is 58.9 Å². The van der Waals surface area contributed by atoms with Gasteiger partial charge in [0.1, 0.15) is 5.75 Å². The maximum absolute atomic E-state index is 13.5. The Balaban J connectivity index is 1.58. The van der Waals surface area contributed by atoms with Gasteiger partial charge in [0, 0.05) is 30.4 Å². The van der Waals surface area contributed by atoms with Crippen LogP contribution in [-0.4, -0.2) is 58.1 Å². The normalized spacial score (nSPS) is 16.2. The molecule has 0 aliphatic carbocycles. The molecular formula is C27H35F2N5O3. The molecule has 1 atom stereocenters. The number of piperidine rings is 1. The van der Waals surface area contributed by atoms with Crippen LogP contribution in [0.3, 0.4) is 0 Å². The van der Waals surface area contributed by atoms with E-state index in [2.05, 4.69) is 22.3 Å². The van der Waals surface area contributed by atoms with Crippen LogP contribution < -0.4 is 15.6 Å². The number of aromatic amines is 1. The van der Waals surface area contributed by atoms with E-state index < -0.39 is 5.92 Å². The largest absolute Gasteiger partial charge is 0.496 e. The molecule has 8 nitrogen and oxygen atoms in total. The van der Waals surface area contributed by atoms with Gasteiger partial charge in [-0.2, -0.15) is 5.10 Å². The SMILES string of the molecule is COc1cc(C)[nH]c(=O)c1CNC(=O)c1c(C)c(C(C)C2CCN(CC(C)(F)F)CC2)n2ncccc12. The molecule has 4 heterocycles. The van der Waals surface area contributed by atoms with Crippen LogP contribution >= 0.6 is 0 Å². The molecule has 0 aromatic carbocycles. The fraction of sp³-hybridized carbons (Fsp3) is 0.519. The maximum Gasteiger partial charge on any atom is 0.257 e. The molecular weight excluding hydrogens is 480 g/mol. The van der Waals surface area contributed by atoms with Crippen LogP contribution in [-0.2, 0) is 6.54 Å². The van der Waals surface area contributed by atoms with Gasteiger partial charge in [-0.05, 0) is 69.5 Å². The Kier molecular flexibility index (Phi) is 7.68. The predicted octanol–water partition coefficient (Wildman–Crippen LogP) is 4.05. The minimum absolute atomic E-state index is 0.0140. The summed E-state index contributed by atoms with van der Waals surface area (Å²) in [6, 6.07) is 5.37. The molecule has 200 valence electrons. The number of hydrogen-bond acceptors (Lipinski definition) is 5. The number of nitrogens with zero attached hydrogens (tertiary/aromatic N) is 3. The summed E-state index contributed by atoms with van der Waals surface area (Å²) >= 11 is 0. The van der Waals surface area contributed by atoms with E-state index in [4.69, 9.17) is 4.74 Å². The smallest absolute Gasteiger partial charge is 0.257 e. The molecule has 1 fully saturated rings. The highest BCUT2D eigenvalue weighted by atomic mass is 19.3. The van der Waals surface area contributed by atoms with E-state index in [1.165, 1.54) is 7.11 Å². The fourth-order valence-corrected chi connectivity index (χ4v) is 5.57. The summed E-state index contributed by atoms with van der Waals surface area (Å²) in [5, 5.41) is 7.43. The van der Waals surface area contributed by atoms with Crippen molar-refractivity contribution < 1.29 is 18.3 Å². The van der Waals surface area contributed by atoms with Gasteiger partial charge < -0.3 is 15.0 Å². The number of H-pyrrole nitrogens is 1. The lowest BCUT2D eigenvalue weighted by Gasteiger charge is -2.36. The number of likely N-dealkylation sites (tertiary alicyclic amines) is 1. The summed E-state index contributed by atoms with van der Waals surface area (Å²) in [5.74, 6) is -2.22. The van der Waals surface area contributed by atoms with Crippen LogP contribution in [0.25, 0.3) is 5.52 Å². The van der Waals surface area contributed by atoms with E-state index in [-0.39, 0.29) is 36.4 Å². The quantitative estimate of drug-likeness (QED) is 0.472. The Bertz CT molecular complexity index is 1340. The topological polar surface area (TPSA) is 91.7 Å². The van der Waals surface area contributed by atoms with Gasteiger partial charge in [0.05, 0.1) is 36.8 Å².